The second-order valence-corrected chi connectivity index (χ2v) is 12.2. The molecule has 0 aliphatic carbocycles. The minimum absolute atomic E-state index is 0.00531. The molecule has 3 N–H and O–H groups in total. The normalized spacial score (nSPS) is 13.1. The summed E-state index contributed by atoms with van der Waals surface area (Å²) < 4.78 is 53.9. The van der Waals surface area contributed by atoms with Crippen LogP contribution >= 0.6 is 0 Å². The summed E-state index contributed by atoms with van der Waals surface area (Å²) in [6.07, 6.45) is -0.886. The van der Waals surface area contributed by atoms with E-state index < -0.39 is 59.2 Å². The van der Waals surface area contributed by atoms with E-state index in [9.17, 15) is 36.6 Å². The van der Waals surface area contributed by atoms with Gasteiger partial charge in [0.05, 0.1) is 12.5 Å². The molecule has 0 radical (unpaired) electrons. The number of carbonyl (C=O) groups is 4. The number of anilines is 1. The lowest BCUT2D eigenvalue weighted by molar-refractivity contribution is -0.202. The highest BCUT2D eigenvalue weighted by atomic mass is 32.2. The molecule has 3 atom stereocenters. The maximum Gasteiger partial charge on any atom is 0.491 e. The first-order valence-electron chi connectivity index (χ1n) is 14.9. The lowest BCUT2D eigenvalue weighted by Crippen LogP contribution is -2.48. The van der Waals surface area contributed by atoms with Gasteiger partial charge in [-0.05, 0) is 48.1 Å². The molecule has 1 aromatic heterocycles. The molecule has 47 heavy (non-hydrogen) atoms. The number of carbonyl (C=O) groups excluding carboxylic acids is 4. The van der Waals surface area contributed by atoms with Crippen molar-refractivity contribution < 1.29 is 41.3 Å². The number of aromatic nitrogens is 1. The van der Waals surface area contributed by atoms with Crippen molar-refractivity contribution in [3.63, 3.8) is 0 Å². The number of esters is 2. The van der Waals surface area contributed by atoms with Crippen molar-refractivity contribution in [2.75, 3.05) is 23.9 Å². The molecule has 252 valence electrons. The van der Waals surface area contributed by atoms with Crippen molar-refractivity contribution in [2.24, 2.45) is 0 Å². The SMILES string of the molecule is CS(=O)CC[C@H](NC(=O)CCCCCNc1ccccn1)C(=O)NC(CC(=O)OC(=O)C(F)(F)F)c1ccc(-c2ccccc2)cc1. The number of ether oxygens (including phenoxy) is 1. The quantitative estimate of drug-likeness (QED) is 0.105. The van der Waals surface area contributed by atoms with Gasteiger partial charge in [0, 0.05) is 42.0 Å². The van der Waals surface area contributed by atoms with Crippen LogP contribution in [0, 0.1) is 0 Å². The summed E-state index contributed by atoms with van der Waals surface area (Å²) in [5, 5.41) is 8.44. The zero-order valence-electron chi connectivity index (χ0n) is 25.8. The molecule has 1 heterocycles. The van der Waals surface area contributed by atoms with Gasteiger partial charge in [-0.15, -0.1) is 0 Å². The zero-order chi connectivity index (χ0) is 34.2. The van der Waals surface area contributed by atoms with Crippen LogP contribution in [0.5, 0.6) is 0 Å². The number of nitrogens with zero attached hydrogens (tertiary/aromatic N) is 1. The van der Waals surface area contributed by atoms with Crippen molar-refractivity contribution in [3.05, 3.63) is 84.6 Å². The van der Waals surface area contributed by atoms with Gasteiger partial charge < -0.3 is 20.7 Å². The summed E-state index contributed by atoms with van der Waals surface area (Å²) >= 11 is 0. The van der Waals surface area contributed by atoms with Gasteiger partial charge in [-0.25, -0.2) is 9.78 Å². The highest BCUT2D eigenvalue weighted by Crippen LogP contribution is 2.25. The van der Waals surface area contributed by atoms with E-state index >= 15 is 0 Å². The van der Waals surface area contributed by atoms with Crippen molar-refractivity contribution in [1.82, 2.24) is 15.6 Å². The number of pyridine rings is 1. The van der Waals surface area contributed by atoms with Gasteiger partial charge in [-0.3, -0.25) is 18.6 Å². The number of halogens is 3. The molecule has 10 nitrogen and oxygen atoms in total. The van der Waals surface area contributed by atoms with E-state index in [2.05, 4.69) is 25.7 Å². The summed E-state index contributed by atoms with van der Waals surface area (Å²) in [5.41, 5.74) is 2.03. The van der Waals surface area contributed by atoms with Gasteiger partial charge in [0.25, 0.3) is 0 Å². The molecule has 14 heteroatoms. The summed E-state index contributed by atoms with van der Waals surface area (Å²) in [7, 11) is -1.30. The Labute approximate surface area is 273 Å². The molecule has 3 aromatic rings. The van der Waals surface area contributed by atoms with Gasteiger partial charge >= 0.3 is 18.1 Å². The molecule has 2 unspecified atom stereocenters. The maximum absolute atomic E-state index is 13.4. The molecule has 0 aliphatic rings. The highest BCUT2D eigenvalue weighted by molar-refractivity contribution is 7.84. The minimum Gasteiger partial charge on any atom is -0.386 e. The Morgan fingerprint density at radius 3 is 2.19 bits per heavy atom. The Morgan fingerprint density at radius 1 is 0.872 bits per heavy atom. The molecule has 0 saturated heterocycles. The summed E-state index contributed by atoms with van der Waals surface area (Å²) in [5.74, 6) is -4.50. The summed E-state index contributed by atoms with van der Waals surface area (Å²) in [4.78, 5) is 54.0. The van der Waals surface area contributed by atoms with Crippen LogP contribution in [0.15, 0.2) is 79.0 Å². The van der Waals surface area contributed by atoms with Gasteiger partial charge in [0.1, 0.15) is 11.9 Å². The smallest absolute Gasteiger partial charge is 0.386 e. The van der Waals surface area contributed by atoms with Crippen LogP contribution in [0.4, 0.5) is 19.0 Å². The lowest BCUT2D eigenvalue weighted by Gasteiger charge is -2.24. The molecular weight excluding hydrogens is 637 g/mol. The fourth-order valence-corrected chi connectivity index (χ4v) is 5.09. The van der Waals surface area contributed by atoms with E-state index in [4.69, 9.17) is 0 Å². The largest absolute Gasteiger partial charge is 0.491 e. The molecular formula is C33H37F3N4O6S. The Balaban J connectivity index is 1.66. The van der Waals surface area contributed by atoms with Gasteiger partial charge in [-0.1, -0.05) is 67.1 Å². The van der Waals surface area contributed by atoms with Gasteiger partial charge in [0.2, 0.25) is 11.8 Å². The average molecular weight is 675 g/mol. The number of benzene rings is 2. The fraction of sp³-hybridized carbons (Fsp3) is 0.364. The first-order chi connectivity index (χ1) is 22.4. The van der Waals surface area contributed by atoms with Crippen molar-refractivity contribution >= 4 is 40.4 Å². The highest BCUT2D eigenvalue weighted by Gasteiger charge is 2.42. The first-order valence-corrected chi connectivity index (χ1v) is 16.7. The van der Waals surface area contributed by atoms with Gasteiger partial charge in [-0.2, -0.15) is 13.2 Å². The van der Waals surface area contributed by atoms with Crippen LogP contribution < -0.4 is 16.0 Å². The van der Waals surface area contributed by atoms with Crippen molar-refractivity contribution in [3.8, 4) is 11.1 Å². The second kappa shape index (κ2) is 18.5. The number of amides is 2. The second-order valence-electron chi connectivity index (χ2n) is 10.7. The molecule has 3 rings (SSSR count). The Kier molecular flexibility index (Phi) is 14.5. The third-order valence-electron chi connectivity index (χ3n) is 6.94. The first kappa shape index (κ1) is 36.9. The van der Waals surface area contributed by atoms with Crippen LogP contribution in [0.25, 0.3) is 11.1 Å². The Morgan fingerprint density at radius 2 is 1.55 bits per heavy atom. The monoisotopic (exact) mass is 674 g/mol. The number of unbranched alkanes of at least 4 members (excludes halogenated alkanes) is 2. The molecule has 0 fully saturated rings. The van der Waals surface area contributed by atoms with Crippen LogP contribution in [0.1, 0.15) is 50.1 Å². The predicted octanol–water partition coefficient (Wildman–Crippen LogP) is 4.85. The zero-order valence-corrected chi connectivity index (χ0v) is 26.6. The molecule has 2 aromatic carbocycles. The van der Waals surface area contributed by atoms with E-state index in [1.807, 2.05) is 48.5 Å². The van der Waals surface area contributed by atoms with Crippen molar-refractivity contribution in [2.45, 2.75) is 56.8 Å². The number of nitrogens with one attached hydrogen (secondary N) is 3. The Bertz CT molecular complexity index is 1490. The van der Waals surface area contributed by atoms with Crippen LogP contribution in [0.2, 0.25) is 0 Å². The van der Waals surface area contributed by atoms with Crippen LogP contribution in [0.3, 0.4) is 0 Å². The number of hydrogen-bond donors (Lipinski definition) is 3. The number of alkyl halides is 3. The third kappa shape index (κ3) is 13.3. The molecule has 0 spiro atoms. The third-order valence-corrected chi connectivity index (χ3v) is 7.75. The van der Waals surface area contributed by atoms with E-state index in [0.717, 1.165) is 29.8 Å². The summed E-state index contributed by atoms with van der Waals surface area (Å²) in [6, 6.07) is 19.1. The number of hydrogen-bond acceptors (Lipinski definition) is 8. The Hall–Kier alpha value is -4.59. The van der Waals surface area contributed by atoms with Crippen LogP contribution in [-0.4, -0.2) is 63.7 Å². The average Bonchev–Trinajstić information content (AvgIpc) is 3.04. The maximum atomic E-state index is 13.4. The fourth-order valence-electron chi connectivity index (χ4n) is 4.52. The van der Waals surface area contributed by atoms with E-state index in [1.54, 1.807) is 30.5 Å². The molecule has 0 saturated carbocycles. The predicted molar refractivity (Wildman–Crippen MR) is 171 cm³/mol. The summed E-state index contributed by atoms with van der Waals surface area (Å²) in [6.45, 7) is 0.663. The van der Waals surface area contributed by atoms with E-state index in [-0.39, 0.29) is 18.6 Å². The van der Waals surface area contributed by atoms with E-state index in [1.165, 1.54) is 6.26 Å². The number of rotatable bonds is 17. The standard InChI is InChI=1S/C33H37F3N4O6S/c1-47(45)21-18-26(39-29(41)13-6-3-8-19-37-28-12-7-9-20-38-28)31(43)40-27(22-30(42)46-32(44)33(34,35)36)25-16-14-24(15-17-25)23-10-4-2-5-11-23/h2,4-5,7,9-12,14-17,20,26-27H,3,6,8,13,18-19,21-22H2,1H3,(H,37,38)(H,39,41)(H,40,43)/t26-,27?,47?/m0/s1. The van der Waals surface area contributed by atoms with Gasteiger partial charge in [0.15, 0.2) is 0 Å². The minimum atomic E-state index is -5.38. The molecule has 0 aliphatic heterocycles. The molecule has 2 amide bonds. The van der Waals surface area contributed by atoms with Crippen molar-refractivity contribution in [1.29, 1.82) is 0 Å². The van der Waals surface area contributed by atoms with Crippen LogP contribution in [-0.2, 0) is 34.7 Å². The topological polar surface area (TPSA) is 144 Å². The lowest BCUT2D eigenvalue weighted by atomic mass is 9.98. The molecule has 0 bridgehead atoms. The van der Waals surface area contributed by atoms with E-state index in [0.29, 0.717) is 18.5 Å².